The fraction of sp³-hybridized carbons (Fsp3) is 0.667. The van der Waals surface area contributed by atoms with Crippen LogP contribution >= 0.6 is 0 Å². The molecule has 1 aliphatic rings. The summed E-state index contributed by atoms with van der Waals surface area (Å²) in [5.41, 5.74) is 5.71. The van der Waals surface area contributed by atoms with Crippen LogP contribution in [0, 0.1) is 5.92 Å². The van der Waals surface area contributed by atoms with Gasteiger partial charge in [0.25, 0.3) is 0 Å². The predicted octanol–water partition coefficient (Wildman–Crippen LogP) is 0.181. The number of aromatic amines is 1. The fourth-order valence-corrected chi connectivity index (χ4v) is 2.50. The van der Waals surface area contributed by atoms with E-state index in [1.54, 1.807) is 11.0 Å². The maximum atomic E-state index is 5.71. The van der Waals surface area contributed by atoms with Crippen molar-refractivity contribution in [2.24, 2.45) is 11.7 Å². The molecule has 0 radical (unpaired) electrons. The first-order valence-corrected chi connectivity index (χ1v) is 6.99. The zero-order chi connectivity index (χ0) is 13.9. The van der Waals surface area contributed by atoms with Crippen LogP contribution in [-0.4, -0.2) is 49.6 Å². The SMILES string of the molecule is CC(c1nc(N2CCC(CN)CC2)n[nH]1)n1cncn1. The van der Waals surface area contributed by atoms with Gasteiger partial charge in [0.2, 0.25) is 5.95 Å². The smallest absolute Gasteiger partial charge is 0.244 e. The van der Waals surface area contributed by atoms with E-state index in [1.807, 2.05) is 6.92 Å². The molecule has 2 aromatic heterocycles. The largest absolute Gasteiger partial charge is 0.340 e. The number of nitrogens with one attached hydrogen (secondary N) is 1. The summed E-state index contributed by atoms with van der Waals surface area (Å²) in [7, 11) is 0. The molecule has 0 saturated carbocycles. The molecule has 1 fully saturated rings. The topological polar surface area (TPSA) is 102 Å². The van der Waals surface area contributed by atoms with Crippen LogP contribution in [0.4, 0.5) is 5.95 Å². The Labute approximate surface area is 117 Å². The number of aromatic nitrogens is 6. The minimum atomic E-state index is 0.000306. The standard InChI is InChI=1S/C12H20N8/c1-9(20-8-14-7-15-20)11-16-12(18-17-11)19-4-2-10(6-13)3-5-19/h7-10H,2-6,13H2,1H3,(H,16,17,18). The lowest BCUT2D eigenvalue weighted by Gasteiger charge is -2.30. The minimum Gasteiger partial charge on any atom is -0.340 e. The Kier molecular flexibility index (Phi) is 3.64. The highest BCUT2D eigenvalue weighted by molar-refractivity contribution is 5.29. The Bertz CT molecular complexity index is 525. The predicted molar refractivity (Wildman–Crippen MR) is 74.2 cm³/mol. The van der Waals surface area contributed by atoms with Gasteiger partial charge < -0.3 is 10.6 Å². The van der Waals surface area contributed by atoms with Gasteiger partial charge in [-0.1, -0.05) is 0 Å². The van der Waals surface area contributed by atoms with E-state index < -0.39 is 0 Å². The molecule has 0 aromatic carbocycles. The van der Waals surface area contributed by atoms with Gasteiger partial charge in [0.05, 0.1) is 0 Å². The number of hydrogen-bond donors (Lipinski definition) is 2. The van der Waals surface area contributed by atoms with E-state index in [0.717, 1.165) is 44.2 Å². The number of piperidine rings is 1. The van der Waals surface area contributed by atoms with Crippen LogP contribution in [0.25, 0.3) is 0 Å². The highest BCUT2D eigenvalue weighted by atomic mass is 15.4. The molecule has 1 aliphatic heterocycles. The molecule has 2 aromatic rings. The number of rotatable bonds is 4. The van der Waals surface area contributed by atoms with E-state index in [-0.39, 0.29) is 6.04 Å². The van der Waals surface area contributed by atoms with E-state index in [4.69, 9.17) is 5.73 Å². The Morgan fingerprint density at radius 2 is 2.25 bits per heavy atom. The first-order valence-electron chi connectivity index (χ1n) is 6.99. The van der Waals surface area contributed by atoms with Crippen molar-refractivity contribution in [1.82, 2.24) is 29.9 Å². The summed E-state index contributed by atoms with van der Waals surface area (Å²) < 4.78 is 1.75. The third-order valence-electron chi connectivity index (χ3n) is 3.95. The van der Waals surface area contributed by atoms with Crippen LogP contribution in [0.3, 0.4) is 0 Å². The van der Waals surface area contributed by atoms with E-state index in [1.165, 1.54) is 6.33 Å². The molecule has 3 N–H and O–H groups in total. The lowest BCUT2D eigenvalue weighted by Crippen LogP contribution is -2.36. The molecule has 0 spiro atoms. The van der Waals surface area contributed by atoms with Crippen molar-refractivity contribution in [3.63, 3.8) is 0 Å². The molecule has 108 valence electrons. The van der Waals surface area contributed by atoms with Gasteiger partial charge in [-0.3, -0.25) is 5.10 Å². The van der Waals surface area contributed by atoms with Gasteiger partial charge in [-0.25, -0.2) is 9.67 Å². The number of hydrogen-bond acceptors (Lipinski definition) is 6. The molecule has 1 saturated heterocycles. The molecule has 20 heavy (non-hydrogen) atoms. The summed E-state index contributed by atoms with van der Waals surface area (Å²) in [5, 5.41) is 11.4. The van der Waals surface area contributed by atoms with Crippen LogP contribution in [0.5, 0.6) is 0 Å². The van der Waals surface area contributed by atoms with E-state index in [0.29, 0.717) is 5.92 Å². The van der Waals surface area contributed by atoms with Crippen molar-refractivity contribution in [1.29, 1.82) is 0 Å². The molecular weight excluding hydrogens is 256 g/mol. The van der Waals surface area contributed by atoms with E-state index in [2.05, 4.69) is 30.2 Å². The molecule has 8 nitrogen and oxygen atoms in total. The van der Waals surface area contributed by atoms with Crippen molar-refractivity contribution >= 4 is 5.95 Å². The number of nitrogens with two attached hydrogens (primary N) is 1. The molecule has 0 amide bonds. The van der Waals surface area contributed by atoms with Crippen LogP contribution in [-0.2, 0) is 0 Å². The van der Waals surface area contributed by atoms with Crippen LogP contribution in [0.15, 0.2) is 12.7 Å². The van der Waals surface area contributed by atoms with Gasteiger partial charge in [-0.2, -0.15) is 10.1 Å². The monoisotopic (exact) mass is 276 g/mol. The second kappa shape index (κ2) is 5.58. The second-order valence-electron chi connectivity index (χ2n) is 5.24. The third-order valence-corrected chi connectivity index (χ3v) is 3.95. The third kappa shape index (κ3) is 2.51. The van der Waals surface area contributed by atoms with E-state index >= 15 is 0 Å². The molecule has 0 bridgehead atoms. The lowest BCUT2D eigenvalue weighted by molar-refractivity contribution is 0.411. The number of H-pyrrole nitrogens is 1. The Hall–Kier alpha value is -1.96. The van der Waals surface area contributed by atoms with Crippen LogP contribution < -0.4 is 10.6 Å². The Morgan fingerprint density at radius 1 is 1.45 bits per heavy atom. The van der Waals surface area contributed by atoms with Gasteiger partial charge in [0.1, 0.15) is 18.7 Å². The molecular formula is C12H20N8. The van der Waals surface area contributed by atoms with Crippen molar-refractivity contribution in [2.75, 3.05) is 24.5 Å². The molecule has 1 unspecified atom stereocenters. The average molecular weight is 276 g/mol. The number of nitrogens with zero attached hydrogens (tertiary/aromatic N) is 6. The quantitative estimate of drug-likeness (QED) is 0.826. The van der Waals surface area contributed by atoms with Crippen molar-refractivity contribution in [2.45, 2.75) is 25.8 Å². The van der Waals surface area contributed by atoms with Crippen molar-refractivity contribution in [3.8, 4) is 0 Å². The fourth-order valence-electron chi connectivity index (χ4n) is 2.50. The first-order chi connectivity index (χ1) is 9.78. The summed E-state index contributed by atoms with van der Waals surface area (Å²) in [6.45, 7) is 4.73. The van der Waals surface area contributed by atoms with Crippen molar-refractivity contribution < 1.29 is 0 Å². The maximum absolute atomic E-state index is 5.71. The van der Waals surface area contributed by atoms with Crippen molar-refractivity contribution in [3.05, 3.63) is 18.5 Å². The van der Waals surface area contributed by atoms with Crippen LogP contribution in [0.1, 0.15) is 31.6 Å². The lowest BCUT2D eigenvalue weighted by atomic mass is 9.97. The normalized spacial score (nSPS) is 18.4. The van der Waals surface area contributed by atoms with Crippen LogP contribution in [0.2, 0.25) is 0 Å². The zero-order valence-electron chi connectivity index (χ0n) is 11.6. The summed E-state index contributed by atoms with van der Waals surface area (Å²) >= 11 is 0. The molecule has 0 aliphatic carbocycles. The molecule has 3 heterocycles. The first kappa shape index (κ1) is 13.0. The second-order valence-corrected chi connectivity index (χ2v) is 5.24. The summed E-state index contributed by atoms with van der Waals surface area (Å²) in [6, 6.07) is 0.000306. The summed E-state index contributed by atoms with van der Waals surface area (Å²) in [5.74, 6) is 2.20. The Morgan fingerprint density at radius 3 is 2.90 bits per heavy atom. The summed E-state index contributed by atoms with van der Waals surface area (Å²) in [4.78, 5) is 10.7. The van der Waals surface area contributed by atoms with Gasteiger partial charge in [0.15, 0.2) is 5.82 Å². The van der Waals surface area contributed by atoms with Gasteiger partial charge in [-0.15, -0.1) is 5.10 Å². The van der Waals surface area contributed by atoms with Gasteiger partial charge in [-0.05, 0) is 32.2 Å². The highest BCUT2D eigenvalue weighted by Gasteiger charge is 2.22. The average Bonchev–Trinajstić information content (AvgIpc) is 3.18. The van der Waals surface area contributed by atoms with E-state index in [9.17, 15) is 0 Å². The molecule has 3 rings (SSSR count). The highest BCUT2D eigenvalue weighted by Crippen LogP contribution is 2.21. The summed E-state index contributed by atoms with van der Waals surface area (Å²) in [6.07, 6.45) is 5.42. The van der Waals surface area contributed by atoms with Gasteiger partial charge >= 0.3 is 0 Å². The molecule has 1 atom stereocenters. The number of anilines is 1. The minimum absolute atomic E-state index is 0.000306. The maximum Gasteiger partial charge on any atom is 0.244 e. The Balaban J connectivity index is 1.68. The molecule has 8 heteroatoms. The van der Waals surface area contributed by atoms with Gasteiger partial charge in [0, 0.05) is 13.1 Å². The zero-order valence-corrected chi connectivity index (χ0v) is 11.6.